The number of ether oxygens (including phenoxy) is 2. The number of amides is 1. The van der Waals surface area contributed by atoms with Gasteiger partial charge in [0.25, 0.3) is 0 Å². The number of nitrogens with two attached hydrogens (primary N) is 1. The summed E-state index contributed by atoms with van der Waals surface area (Å²) in [7, 11) is 3.07. The molecular weight excluding hydrogens is 384 g/mol. The van der Waals surface area contributed by atoms with Crippen LogP contribution in [0.25, 0.3) is 0 Å². The largest absolute Gasteiger partial charge is 0.497 e. The summed E-state index contributed by atoms with van der Waals surface area (Å²) in [6.07, 6.45) is 0.843. The topological polar surface area (TPSA) is 118 Å². The van der Waals surface area contributed by atoms with Crippen LogP contribution in [-0.2, 0) is 9.59 Å². The molecule has 8 nitrogen and oxygen atoms in total. The van der Waals surface area contributed by atoms with Crippen molar-refractivity contribution >= 4 is 11.7 Å². The van der Waals surface area contributed by atoms with Gasteiger partial charge in [0.2, 0.25) is 5.91 Å². The molecule has 1 heterocycles. The molecule has 0 aromatic heterocycles. The molecule has 0 saturated carbocycles. The highest BCUT2D eigenvalue weighted by molar-refractivity contribution is 6.00. The van der Waals surface area contributed by atoms with Crippen LogP contribution >= 0.6 is 0 Å². The minimum absolute atomic E-state index is 0.0836. The average molecular weight is 410 g/mol. The summed E-state index contributed by atoms with van der Waals surface area (Å²) in [6.45, 7) is 5.33. The number of nitriles is 1. The van der Waals surface area contributed by atoms with E-state index in [0.29, 0.717) is 41.2 Å². The van der Waals surface area contributed by atoms with E-state index in [4.69, 9.17) is 15.2 Å². The van der Waals surface area contributed by atoms with Crippen LogP contribution in [-0.4, -0.2) is 30.9 Å². The van der Waals surface area contributed by atoms with E-state index in [1.165, 1.54) is 19.0 Å². The third kappa shape index (κ3) is 3.59. The Hall–Kier alpha value is -3.47. The van der Waals surface area contributed by atoms with E-state index in [0.717, 1.165) is 0 Å². The maximum atomic E-state index is 13.3. The van der Waals surface area contributed by atoms with Gasteiger partial charge in [0.1, 0.15) is 17.3 Å². The van der Waals surface area contributed by atoms with Crippen LogP contribution in [0.5, 0.6) is 11.5 Å². The van der Waals surface area contributed by atoms with E-state index in [9.17, 15) is 14.9 Å². The Morgan fingerprint density at radius 2 is 2.00 bits per heavy atom. The molecule has 158 valence electrons. The molecule has 3 N–H and O–H groups in total. The maximum absolute atomic E-state index is 13.3. The Morgan fingerprint density at radius 1 is 1.30 bits per heavy atom. The van der Waals surface area contributed by atoms with Crippen LogP contribution in [0, 0.1) is 16.7 Å². The number of ketones is 1. The summed E-state index contributed by atoms with van der Waals surface area (Å²) < 4.78 is 10.8. The molecule has 8 heteroatoms. The lowest BCUT2D eigenvalue weighted by Crippen LogP contribution is -2.49. The summed E-state index contributed by atoms with van der Waals surface area (Å²) in [5.41, 5.74) is 10.6. The number of carbonyl (C=O) groups excluding carboxylic acids is 2. The van der Waals surface area contributed by atoms with E-state index >= 15 is 0 Å². The standard InChI is InChI=1S/C22H26N4O4/c1-12(27)25-26-16-9-22(2,3)10-17(28)20(16)19(15(11-23)21(26)24)14-7-6-13(29-4)8-18(14)30-5/h6-8,19H,9-10,24H2,1-5H3,(H,25,27). The van der Waals surface area contributed by atoms with Crippen molar-refractivity contribution in [3.63, 3.8) is 0 Å². The van der Waals surface area contributed by atoms with Crippen molar-refractivity contribution in [3.8, 4) is 17.6 Å². The number of carbonyl (C=O) groups is 2. The predicted octanol–water partition coefficient (Wildman–Crippen LogP) is 2.49. The van der Waals surface area contributed by atoms with Crippen molar-refractivity contribution in [1.82, 2.24) is 10.4 Å². The van der Waals surface area contributed by atoms with Gasteiger partial charge in [0, 0.05) is 30.5 Å². The van der Waals surface area contributed by atoms with Crippen molar-refractivity contribution in [2.45, 2.75) is 39.5 Å². The number of hydrogen-bond donors (Lipinski definition) is 2. The Balaban J connectivity index is 2.30. The molecule has 1 aromatic rings. The molecule has 0 radical (unpaired) electrons. The number of nitrogens with zero attached hydrogens (tertiary/aromatic N) is 2. The minimum atomic E-state index is -0.695. The molecule has 1 atom stereocenters. The average Bonchev–Trinajstić information content (AvgIpc) is 2.68. The molecule has 3 rings (SSSR count). The molecule has 1 aliphatic carbocycles. The molecule has 30 heavy (non-hydrogen) atoms. The molecular formula is C22H26N4O4. The summed E-state index contributed by atoms with van der Waals surface area (Å²) in [6, 6.07) is 7.38. The van der Waals surface area contributed by atoms with E-state index in [1.807, 2.05) is 13.8 Å². The zero-order valence-corrected chi connectivity index (χ0v) is 17.8. The quantitative estimate of drug-likeness (QED) is 0.783. The summed E-state index contributed by atoms with van der Waals surface area (Å²) in [5, 5.41) is 11.4. The van der Waals surface area contributed by atoms with Crippen LogP contribution in [0.15, 0.2) is 40.9 Å². The van der Waals surface area contributed by atoms with Crippen LogP contribution in [0.2, 0.25) is 0 Å². The first-order chi connectivity index (χ1) is 14.1. The van der Waals surface area contributed by atoms with E-state index < -0.39 is 5.92 Å². The smallest absolute Gasteiger partial charge is 0.235 e. The minimum Gasteiger partial charge on any atom is -0.497 e. The summed E-state index contributed by atoms with van der Waals surface area (Å²) in [4.78, 5) is 25.2. The molecule has 0 spiro atoms. The normalized spacial score (nSPS) is 20.5. The van der Waals surface area contributed by atoms with Gasteiger partial charge in [-0.05, 0) is 17.9 Å². The monoisotopic (exact) mass is 410 g/mol. The predicted molar refractivity (Wildman–Crippen MR) is 110 cm³/mol. The van der Waals surface area contributed by atoms with Crippen molar-refractivity contribution < 1.29 is 19.1 Å². The number of methoxy groups -OCH3 is 2. The lowest BCUT2D eigenvalue weighted by atomic mass is 9.69. The van der Waals surface area contributed by atoms with Crippen molar-refractivity contribution in [1.29, 1.82) is 5.26 Å². The van der Waals surface area contributed by atoms with Gasteiger partial charge in [-0.25, -0.2) is 5.01 Å². The Bertz CT molecular complexity index is 1020. The number of allylic oxidation sites excluding steroid dienone is 3. The first-order valence-corrected chi connectivity index (χ1v) is 9.58. The molecule has 0 bridgehead atoms. The highest BCUT2D eigenvalue weighted by Gasteiger charge is 2.45. The number of hydrazine groups is 1. The Labute approximate surface area is 175 Å². The second kappa shape index (κ2) is 7.75. The lowest BCUT2D eigenvalue weighted by Gasteiger charge is -2.43. The summed E-state index contributed by atoms with van der Waals surface area (Å²) in [5.74, 6) is 0.0433. The highest BCUT2D eigenvalue weighted by Crippen LogP contribution is 2.50. The third-order valence-electron chi connectivity index (χ3n) is 5.40. The fourth-order valence-corrected chi connectivity index (χ4v) is 4.16. The molecule has 0 fully saturated rings. The first kappa shape index (κ1) is 21.2. The molecule has 1 aromatic carbocycles. The van der Waals surface area contributed by atoms with Gasteiger partial charge < -0.3 is 15.2 Å². The van der Waals surface area contributed by atoms with Gasteiger partial charge in [0.05, 0.1) is 37.5 Å². The number of rotatable bonds is 4. The third-order valence-corrected chi connectivity index (χ3v) is 5.40. The van der Waals surface area contributed by atoms with Crippen LogP contribution < -0.4 is 20.6 Å². The van der Waals surface area contributed by atoms with Crippen LogP contribution in [0.3, 0.4) is 0 Å². The van der Waals surface area contributed by atoms with Crippen LogP contribution in [0.4, 0.5) is 0 Å². The Kier molecular flexibility index (Phi) is 5.49. The number of benzene rings is 1. The zero-order chi connectivity index (χ0) is 22.2. The second-order valence-corrected chi connectivity index (χ2v) is 8.26. The number of hydrogen-bond acceptors (Lipinski definition) is 7. The molecule has 2 aliphatic rings. The molecule has 0 saturated heterocycles. The van der Waals surface area contributed by atoms with Crippen molar-refractivity contribution in [2.24, 2.45) is 11.1 Å². The van der Waals surface area contributed by atoms with Gasteiger partial charge in [-0.2, -0.15) is 5.26 Å². The van der Waals surface area contributed by atoms with Gasteiger partial charge in [-0.1, -0.05) is 19.9 Å². The fraction of sp³-hybridized carbons (Fsp3) is 0.409. The lowest BCUT2D eigenvalue weighted by molar-refractivity contribution is -0.123. The van der Waals surface area contributed by atoms with E-state index in [-0.39, 0.29) is 28.5 Å². The van der Waals surface area contributed by atoms with Gasteiger partial charge in [-0.3, -0.25) is 15.0 Å². The van der Waals surface area contributed by atoms with Crippen molar-refractivity contribution in [3.05, 3.63) is 46.4 Å². The number of nitrogens with one attached hydrogen (secondary N) is 1. The Morgan fingerprint density at radius 3 is 2.57 bits per heavy atom. The highest BCUT2D eigenvalue weighted by atomic mass is 16.5. The number of Topliss-reactive ketones (excluding diaryl/α,β-unsaturated/α-hetero) is 1. The van der Waals surface area contributed by atoms with Gasteiger partial charge >= 0.3 is 0 Å². The molecule has 1 unspecified atom stereocenters. The van der Waals surface area contributed by atoms with Gasteiger partial charge in [0.15, 0.2) is 5.78 Å². The second-order valence-electron chi connectivity index (χ2n) is 8.26. The SMILES string of the molecule is COc1ccc(C2C(C#N)=C(N)N(NC(C)=O)C3=C2C(=O)CC(C)(C)C3)c(OC)c1. The summed E-state index contributed by atoms with van der Waals surface area (Å²) >= 11 is 0. The first-order valence-electron chi connectivity index (χ1n) is 9.58. The van der Waals surface area contributed by atoms with Crippen molar-refractivity contribution in [2.75, 3.05) is 14.2 Å². The molecule has 1 aliphatic heterocycles. The maximum Gasteiger partial charge on any atom is 0.235 e. The fourth-order valence-electron chi connectivity index (χ4n) is 4.16. The van der Waals surface area contributed by atoms with Gasteiger partial charge in [-0.15, -0.1) is 0 Å². The van der Waals surface area contributed by atoms with E-state index in [1.54, 1.807) is 25.3 Å². The van der Waals surface area contributed by atoms with Crippen LogP contribution in [0.1, 0.15) is 45.1 Å². The zero-order valence-electron chi connectivity index (χ0n) is 17.8. The molecule has 1 amide bonds. The van der Waals surface area contributed by atoms with E-state index in [2.05, 4.69) is 11.5 Å².